The number of carbonyl (C=O) groups is 1. The molecule has 0 saturated carbocycles. The Kier molecular flexibility index (Phi) is 6.68. The molecule has 1 N–H and O–H groups in total. The van der Waals surface area contributed by atoms with Crippen molar-refractivity contribution in [2.24, 2.45) is 0 Å². The molecule has 0 bridgehead atoms. The molecule has 1 aliphatic rings. The molecule has 3 aromatic carbocycles. The molecule has 0 aliphatic carbocycles. The molecule has 160 valence electrons. The van der Waals surface area contributed by atoms with Crippen LogP contribution in [0.4, 0.5) is 0 Å². The minimum absolute atomic E-state index is 0.0931. The molecule has 4 heteroatoms. The van der Waals surface area contributed by atoms with Crippen LogP contribution < -0.4 is 4.74 Å². The Labute approximate surface area is 184 Å². The molecular weight excluding hydrogens is 386 g/mol. The standard InChI is InChI=1S/C27H29NO3/c1-20-8-7-11-23(18-20)26(28-17-6-5-12-25(28)27(29)30)22-13-15-24(16-14-22)31-19-21-9-3-2-4-10-21/h2-4,7-11,13-16,18,25-26H,5-6,12,17,19H2,1H3,(H,29,30). The van der Waals surface area contributed by atoms with Crippen molar-refractivity contribution >= 4 is 5.97 Å². The van der Waals surface area contributed by atoms with Crippen molar-refractivity contribution in [3.63, 3.8) is 0 Å². The molecule has 0 aromatic heterocycles. The molecule has 0 radical (unpaired) electrons. The second-order valence-corrected chi connectivity index (χ2v) is 8.25. The summed E-state index contributed by atoms with van der Waals surface area (Å²) in [6.45, 7) is 3.38. The molecule has 31 heavy (non-hydrogen) atoms. The second kappa shape index (κ2) is 9.80. The van der Waals surface area contributed by atoms with Gasteiger partial charge in [0.05, 0.1) is 6.04 Å². The van der Waals surface area contributed by atoms with Gasteiger partial charge < -0.3 is 9.84 Å². The maximum Gasteiger partial charge on any atom is 0.320 e. The third kappa shape index (κ3) is 5.15. The van der Waals surface area contributed by atoms with Crippen molar-refractivity contribution in [2.75, 3.05) is 6.54 Å². The number of carboxylic acids is 1. The lowest BCUT2D eigenvalue weighted by Gasteiger charge is -2.39. The number of piperidine rings is 1. The summed E-state index contributed by atoms with van der Waals surface area (Å²) in [6.07, 6.45) is 2.67. The molecule has 1 saturated heterocycles. The van der Waals surface area contributed by atoms with Gasteiger partial charge in [-0.05, 0) is 55.1 Å². The average Bonchev–Trinajstić information content (AvgIpc) is 2.80. The van der Waals surface area contributed by atoms with Gasteiger partial charge in [-0.3, -0.25) is 9.69 Å². The van der Waals surface area contributed by atoms with Crippen LogP contribution in [-0.2, 0) is 11.4 Å². The monoisotopic (exact) mass is 415 g/mol. The van der Waals surface area contributed by atoms with Crippen molar-refractivity contribution in [1.29, 1.82) is 0 Å². The van der Waals surface area contributed by atoms with Crippen LogP contribution in [0.25, 0.3) is 0 Å². The largest absolute Gasteiger partial charge is 0.489 e. The van der Waals surface area contributed by atoms with Crippen molar-refractivity contribution in [2.45, 2.75) is 44.9 Å². The highest BCUT2D eigenvalue weighted by atomic mass is 16.5. The molecule has 0 amide bonds. The summed E-state index contributed by atoms with van der Waals surface area (Å²) in [5.74, 6) is 0.0733. The summed E-state index contributed by atoms with van der Waals surface area (Å²) >= 11 is 0. The van der Waals surface area contributed by atoms with Crippen LogP contribution in [0.1, 0.15) is 47.6 Å². The van der Waals surface area contributed by atoms with Gasteiger partial charge >= 0.3 is 5.97 Å². The van der Waals surface area contributed by atoms with E-state index in [-0.39, 0.29) is 6.04 Å². The van der Waals surface area contributed by atoms with Crippen LogP contribution in [0.3, 0.4) is 0 Å². The van der Waals surface area contributed by atoms with Gasteiger partial charge in [0.15, 0.2) is 0 Å². The zero-order valence-electron chi connectivity index (χ0n) is 17.9. The van der Waals surface area contributed by atoms with E-state index in [2.05, 4.69) is 48.2 Å². The Morgan fingerprint density at radius 3 is 2.48 bits per heavy atom. The third-order valence-electron chi connectivity index (χ3n) is 5.96. The zero-order valence-corrected chi connectivity index (χ0v) is 17.9. The van der Waals surface area contributed by atoms with Gasteiger partial charge in [-0.2, -0.15) is 0 Å². The molecule has 3 aromatic rings. The predicted molar refractivity (Wildman–Crippen MR) is 122 cm³/mol. The number of benzene rings is 3. The maximum absolute atomic E-state index is 12.0. The van der Waals surface area contributed by atoms with E-state index in [1.54, 1.807) is 0 Å². The van der Waals surface area contributed by atoms with Crippen molar-refractivity contribution in [3.05, 3.63) is 101 Å². The molecule has 1 fully saturated rings. The molecule has 4 nitrogen and oxygen atoms in total. The fourth-order valence-corrected chi connectivity index (χ4v) is 4.43. The predicted octanol–water partition coefficient (Wildman–Crippen LogP) is 5.60. The van der Waals surface area contributed by atoms with E-state index in [0.29, 0.717) is 13.0 Å². The van der Waals surface area contributed by atoms with Gasteiger partial charge in [0.2, 0.25) is 0 Å². The highest BCUT2D eigenvalue weighted by Crippen LogP contribution is 2.35. The molecule has 0 spiro atoms. The van der Waals surface area contributed by atoms with E-state index >= 15 is 0 Å². The third-order valence-corrected chi connectivity index (χ3v) is 5.96. The summed E-state index contributed by atoms with van der Waals surface area (Å²) in [5, 5.41) is 9.87. The number of likely N-dealkylation sites (tertiary alicyclic amines) is 1. The highest BCUT2D eigenvalue weighted by molar-refractivity contribution is 5.73. The molecule has 2 atom stereocenters. The first-order chi connectivity index (χ1) is 15.1. The molecule has 4 rings (SSSR count). The van der Waals surface area contributed by atoms with Gasteiger partial charge in [0.25, 0.3) is 0 Å². The maximum atomic E-state index is 12.0. The summed E-state index contributed by atoms with van der Waals surface area (Å²) < 4.78 is 5.95. The molecule has 1 heterocycles. The number of rotatable bonds is 7. The number of aliphatic carboxylic acids is 1. The summed E-state index contributed by atoms with van der Waals surface area (Å²) in [6, 6.07) is 26.0. The lowest BCUT2D eigenvalue weighted by molar-refractivity contribution is -0.145. The van der Waals surface area contributed by atoms with E-state index in [9.17, 15) is 9.90 Å². The van der Waals surface area contributed by atoms with Crippen molar-refractivity contribution < 1.29 is 14.6 Å². The first-order valence-electron chi connectivity index (χ1n) is 10.9. The van der Waals surface area contributed by atoms with Crippen molar-refractivity contribution in [3.8, 4) is 5.75 Å². The number of aryl methyl sites for hydroxylation is 1. The Bertz CT molecular complexity index is 1000. The smallest absolute Gasteiger partial charge is 0.320 e. The normalized spacial score (nSPS) is 17.8. The summed E-state index contributed by atoms with van der Waals surface area (Å²) in [4.78, 5) is 14.2. The van der Waals surface area contributed by atoms with Crippen LogP contribution >= 0.6 is 0 Å². The first kappa shape index (κ1) is 21.1. The van der Waals surface area contributed by atoms with Gasteiger partial charge in [0, 0.05) is 0 Å². The van der Waals surface area contributed by atoms with Crippen LogP contribution in [0.15, 0.2) is 78.9 Å². The lowest BCUT2D eigenvalue weighted by Crippen LogP contribution is -2.46. The van der Waals surface area contributed by atoms with Gasteiger partial charge in [0.1, 0.15) is 18.4 Å². The quantitative estimate of drug-likeness (QED) is 0.545. The van der Waals surface area contributed by atoms with E-state index in [1.807, 2.05) is 42.5 Å². The van der Waals surface area contributed by atoms with Crippen LogP contribution in [0.2, 0.25) is 0 Å². The number of ether oxygens (including phenoxy) is 1. The SMILES string of the molecule is Cc1cccc(C(c2ccc(OCc3ccccc3)cc2)N2CCCCC2C(=O)O)c1. The van der Waals surface area contributed by atoms with Crippen molar-refractivity contribution in [1.82, 2.24) is 4.90 Å². The topological polar surface area (TPSA) is 49.8 Å². The molecule has 1 aliphatic heterocycles. The minimum Gasteiger partial charge on any atom is -0.489 e. The van der Waals surface area contributed by atoms with E-state index < -0.39 is 12.0 Å². The molecule has 2 unspecified atom stereocenters. The highest BCUT2D eigenvalue weighted by Gasteiger charge is 2.35. The second-order valence-electron chi connectivity index (χ2n) is 8.25. The van der Waals surface area contributed by atoms with Gasteiger partial charge in [-0.15, -0.1) is 0 Å². The number of nitrogens with zero attached hydrogens (tertiary/aromatic N) is 1. The van der Waals surface area contributed by atoms with Crippen LogP contribution in [0.5, 0.6) is 5.75 Å². The number of carboxylic acid groups (broad SMARTS) is 1. The Hall–Kier alpha value is -3.11. The first-order valence-corrected chi connectivity index (χ1v) is 10.9. The van der Waals surface area contributed by atoms with Crippen LogP contribution in [-0.4, -0.2) is 28.6 Å². The summed E-state index contributed by atoms with van der Waals surface area (Å²) in [7, 11) is 0. The number of hydrogen-bond acceptors (Lipinski definition) is 3. The Balaban J connectivity index is 1.61. The van der Waals surface area contributed by atoms with E-state index in [1.165, 1.54) is 5.56 Å². The average molecular weight is 416 g/mol. The Morgan fingerprint density at radius 1 is 1.00 bits per heavy atom. The minimum atomic E-state index is -0.736. The lowest BCUT2D eigenvalue weighted by atomic mass is 9.91. The van der Waals surface area contributed by atoms with E-state index in [0.717, 1.165) is 41.8 Å². The van der Waals surface area contributed by atoms with E-state index in [4.69, 9.17) is 4.74 Å². The fraction of sp³-hybridized carbons (Fsp3) is 0.296. The zero-order chi connectivity index (χ0) is 21.6. The number of hydrogen-bond donors (Lipinski definition) is 1. The van der Waals surface area contributed by atoms with Crippen LogP contribution in [0, 0.1) is 6.92 Å². The fourth-order valence-electron chi connectivity index (χ4n) is 4.43. The molecular formula is C27H29NO3. The van der Waals surface area contributed by atoms with Gasteiger partial charge in [-0.1, -0.05) is 78.7 Å². The summed E-state index contributed by atoms with van der Waals surface area (Å²) in [5.41, 5.74) is 4.52. The Morgan fingerprint density at radius 2 is 1.77 bits per heavy atom. The van der Waals surface area contributed by atoms with Gasteiger partial charge in [-0.25, -0.2) is 0 Å².